The molecule has 0 spiro atoms. The third-order valence-corrected chi connectivity index (χ3v) is 3.78. The predicted molar refractivity (Wildman–Crippen MR) is 88.0 cm³/mol. The van der Waals surface area contributed by atoms with Crippen molar-refractivity contribution in [2.24, 2.45) is 0 Å². The summed E-state index contributed by atoms with van der Waals surface area (Å²) in [4.78, 5) is 13.6. The zero-order valence-electron chi connectivity index (χ0n) is 12.6. The number of aryl methyl sites for hydroxylation is 1. The van der Waals surface area contributed by atoms with Crippen LogP contribution in [0, 0.1) is 13.8 Å². The van der Waals surface area contributed by atoms with Gasteiger partial charge in [0.1, 0.15) is 0 Å². The van der Waals surface area contributed by atoms with Gasteiger partial charge in [-0.15, -0.1) is 15.0 Å². The zero-order valence-corrected chi connectivity index (χ0v) is 13.4. The molecule has 0 bridgehead atoms. The van der Waals surface area contributed by atoms with Crippen LogP contribution < -0.4 is 5.32 Å². The van der Waals surface area contributed by atoms with Crippen molar-refractivity contribution in [3.05, 3.63) is 64.4 Å². The molecule has 23 heavy (non-hydrogen) atoms. The molecule has 1 aromatic heterocycles. The summed E-state index contributed by atoms with van der Waals surface area (Å²) in [5, 5.41) is 15.2. The van der Waals surface area contributed by atoms with Gasteiger partial charge in [0.2, 0.25) is 0 Å². The summed E-state index contributed by atoms with van der Waals surface area (Å²) in [5.74, 6) is -0.403. The lowest BCUT2D eigenvalue weighted by molar-refractivity contribution is 0.101. The predicted octanol–water partition coefficient (Wildman–Crippen LogP) is 3.18. The van der Waals surface area contributed by atoms with Gasteiger partial charge < -0.3 is 5.32 Å². The molecule has 1 heterocycles. The van der Waals surface area contributed by atoms with Crippen LogP contribution in [0.5, 0.6) is 0 Å². The fraction of sp³-hybridized carbons (Fsp3) is 0.125. The number of carbonyl (C=O) groups is 1. The Kier molecular flexibility index (Phi) is 4.08. The number of nitrogens with zero attached hydrogens (tertiary/aromatic N) is 4. The Morgan fingerprint density at radius 1 is 1.13 bits per heavy atom. The summed E-state index contributed by atoms with van der Waals surface area (Å²) in [7, 11) is 0. The van der Waals surface area contributed by atoms with Crippen LogP contribution in [0.3, 0.4) is 0 Å². The van der Waals surface area contributed by atoms with Crippen LogP contribution in [0.25, 0.3) is 5.69 Å². The number of carbonyl (C=O) groups excluding carboxylic acids is 1. The highest BCUT2D eigenvalue weighted by atomic mass is 35.5. The number of hydrogen-bond acceptors (Lipinski definition) is 4. The highest BCUT2D eigenvalue weighted by molar-refractivity contribution is 6.30. The van der Waals surface area contributed by atoms with E-state index in [1.807, 2.05) is 32.0 Å². The zero-order chi connectivity index (χ0) is 16.4. The molecule has 2 aromatic carbocycles. The Bertz CT molecular complexity index is 857. The van der Waals surface area contributed by atoms with E-state index in [9.17, 15) is 4.79 Å². The van der Waals surface area contributed by atoms with Crippen LogP contribution in [0.2, 0.25) is 5.02 Å². The minimum atomic E-state index is -0.404. The molecule has 1 N–H and O–H groups in total. The number of nitrogens with one attached hydrogen (secondary N) is 1. The van der Waals surface area contributed by atoms with Crippen molar-refractivity contribution >= 4 is 23.2 Å². The van der Waals surface area contributed by atoms with E-state index < -0.39 is 5.91 Å². The molecule has 0 aliphatic heterocycles. The molecule has 3 aromatic rings. The molecule has 0 saturated heterocycles. The van der Waals surface area contributed by atoms with E-state index >= 15 is 0 Å². The van der Waals surface area contributed by atoms with E-state index in [4.69, 9.17) is 11.6 Å². The lowest BCUT2D eigenvalue weighted by atomic mass is 10.1. The Morgan fingerprint density at radius 2 is 1.87 bits per heavy atom. The van der Waals surface area contributed by atoms with Gasteiger partial charge in [0.05, 0.1) is 5.69 Å². The van der Waals surface area contributed by atoms with E-state index in [-0.39, 0.29) is 5.82 Å². The molecule has 116 valence electrons. The van der Waals surface area contributed by atoms with Crippen molar-refractivity contribution in [2.45, 2.75) is 13.8 Å². The van der Waals surface area contributed by atoms with Crippen LogP contribution in [0.4, 0.5) is 5.69 Å². The van der Waals surface area contributed by atoms with E-state index in [2.05, 4.69) is 20.7 Å². The molecular formula is C16H14ClN5O. The Morgan fingerprint density at radius 3 is 2.61 bits per heavy atom. The number of tetrazole rings is 1. The molecule has 0 aliphatic rings. The Balaban J connectivity index is 1.81. The Labute approximate surface area is 138 Å². The minimum Gasteiger partial charge on any atom is -0.319 e. The first-order valence-electron chi connectivity index (χ1n) is 6.98. The van der Waals surface area contributed by atoms with E-state index in [0.717, 1.165) is 16.8 Å². The first-order valence-corrected chi connectivity index (χ1v) is 7.36. The average molecular weight is 328 g/mol. The van der Waals surface area contributed by atoms with Gasteiger partial charge in [0.15, 0.2) is 0 Å². The number of rotatable bonds is 3. The molecule has 0 radical (unpaired) electrons. The number of hydrogen-bond donors (Lipinski definition) is 1. The summed E-state index contributed by atoms with van der Waals surface area (Å²) in [5.41, 5.74) is 3.51. The van der Waals surface area contributed by atoms with Gasteiger partial charge in [0.25, 0.3) is 11.7 Å². The van der Waals surface area contributed by atoms with Crippen LogP contribution in [-0.2, 0) is 0 Å². The number of halogens is 1. The third kappa shape index (κ3) is 3.22. The van der Waals surface area contributed by atoms with Gasteiger partial charge in [-0.2, -0.15) is 0 Å². The van der Waals surface area contributed by atoms with Gasteiger partial charge in [0, 0.05) is 10.7 Å². The maximum atomic E-state index is 12.3. The number of amides is 1. The lowest BCUT2D eigenvalue weighted by Crippen LogP contribution is -2.15. The Hall–Kier alpha value is -2.73. The summed E-state index contributed by atoms with van der Waals surface area (Å²) in [6, 6.07) is 12.6. The normalized spacial score (nSPS) is 10.6. The van der Waals surface area contributed by atoms with Gasteiger partial charge in [-0.25, -0.2) is 0 Å². The molecular weight excluding hydrogens is 314 g/mol. The van der Waals surface area contributed by atoms with Crippen molar-refractivity contribution < 1.29 is 4.79 Å². The van der Waals surface area contributed by atoms with Crippen LogP contribution >= 0.6 is 11.6 Å². The highest BCUT2D eigenvalue weighted by Crippen LogP contribution is 2.18. The molecule has 0 atom stereocenters. The molecule has 0 fully saturated rings. The van der Waals surface area contributed by atoms with Gasteiger partial charge >= 0.3 is 0 Å². The molecule has 1 amide bonds. The number of aromatic nitrogens is 4. The van der Waals surface area contributed by atoms with E-state index in [0.29, 0.717) is 10.7 Å². The molecule has 0 unspecified atom stereocenters. The second-order valence-electron chi connectivity index (χ2n) is 5.08. The first kappa shape index (κ1) is 15.2. The third-order valence-electron chi connectivity index (χ3n) is 3.53. The maximum Gasteiger partial charge on any atom is 0.297 e. The van der Waals surface area contributed by atoms with Gasteiger partial charge in [-0.3, -0.25) is 4.79 Å². The quantitative estimate of drug-likeness (QED) is 0.802. The lowest BCUT2D eigenvalue weighted by Gasteiger charge is -2.08. The van der Waals surface area contributed by atoms with E-state index in [1.165, 1.54) is 4.80 Å². The minimum absolute atomic E-state index is 0.000793. The summed E-state index contributed by atoms with van der Waals surface area (Å²) in [6.45, 7) is 3.93. The molecule has 3 rings (SSSR count). The molecule has 7 heteroatoms. The van der Waals surface area contributed by atoms with Gasteiger partial charge in [-0.05, 0) is 60.5 Å². The summed E-state index contributed by atoms with van der Waals surface area (Å²) >= 11 is 5.84. The van der Waals surface area contributed by atoms with Crippen molar-refractivity contribution in [2.75, 3.05) is 5.32 Å². The summed E-state index contributed by atoms with van der Waals surface area (Å²) in [6.07, 6.45) is 0. The number of anilines is 1. The smallest absolute Gasteiger partial charge is 0.297 e. The second kappa shape index (κ2) is 6.18. The monoisotopic (exact) mass is 327 g/mol. The van der Waals surface area contributed by atoms with E-state index in [1.54, 1.807) is 24.3 Å². The van der Waals surface area contributed by atoms with Crippen molar-refractivity contribution in [3.8, 4) is 5.69 Å². The van der Waals surface area contributed by atoms with Crippen LogP contribution in [0.1, 0.15) is 21.7 Å². The van der Waals surface area contributed by atoms with Gasteiger partial charge in [-0.1, -0.05) is 23.7 Å². The maximum absolute atomic E-state index is 12.3. The largest absolute Gasteiger partial charge is 0.319 e. The molecule has 6 nitrogen and oxygen atoms in total. The van der Waals surface area contributed by atoms with Crippen molar-refractivity contribution in [1.29, 1.82) is 0 Å². The first-order chi connectivity index (χ1) is 11.0. The topological polar surface area (TPSA) is 72.7 Å². The van der Waals surface area contributed by atoms with Crippen LogP contribution in [-0.4, -0.2) is 26.1 Å². The average Bonchev–Trinajstić information content (AvgIpc) is 3.02. The molecule has 0 saturated carbocycles. The summed E-state index contributed by atoms with van der Waals surface area (Å²) < 4.78 is 0. The fourth-order valence-electron chi connectivity index (χ4n) is 2.05. The van der Waals surface area contributed by atoms with Crippen molar-refractivity contribution in [3.63, 3.8) is 0 Å². The standard InChI is InChI=1S/C16H14ClN5O/c1-10-4-3-5-14(11(10)2)18-16(23)15-19-21-22(20-15)13-8-6-12(17)7-9-13/h3-9H,1-2H3,(H,18,23). The highest BCUT2D eigenvalue weighted by Gasteiger charge is 2.15. The van der Waals surface area contributed by atoms with Crippen molar-refractivity contribution in [1.82, 2.24) is 20.2 Å². The van der Waals surface area contributed by atoms with Crippen LogP contribution in [0.15, 0.2) is 42.5 Å². The molecule has 0 aliphatic carbocycles. The fourth-order valence-corrected chi connectivity index (χ4v) is 2.18. The second-order valence-corrected chi connectivity index (χ2v) is 5.52. The number of benzene rings is 2. The SMILES string of the molecule is Cc1cccc(NC(=O)c2nnn(-c3ccc(Cl)cc3)n2)c1C.